The lowest BCUT2D eigenvalue weighted by molar-refractivity contribution is 0.359. The summed E-state index contributed by atoms with van der Waals surface area (Å²) in [5, 5.41) is 0. The molecule has 0 bridgehead atoms. The lowest BCUT2D eigenvalue weighted by atomic mass is 9.66. The molecule has 0 radical (unpaired) electrons. The second-order valence-electron chi connectivity index (χ2n) is 15.9. The number of pyridine rings is 1. The molecule has 0 saturated carbocycles. The Morgan fingerprint density at radius 2 is 0.900 bits per heavy atom. The fourth-order valence-corrected chi connectivity index (χ4v) is 8.95. The maximum Gasteiger partial charge on any atom is 0.164 e. The average Bonchev–Trinajstić information content (AvgIpc) is 3.32. The summed E-state index contributed by atoms with van der Waals surface area (Å²) in [6.45, 7) is 4.73. The van der Waals surface area contributed by atoms with Crippen molar-refractivity contribution in [3.63, 3.8) is 0 Å². The third-order valence-electron chi connectivity index (χ3n) is 12.0. The highest BCUT2D eigenvalue weighted by Gasteiger charge is 2.34. The lowest BCUT2D eigenvalue weighted by Gasteiger charge is -2.37. The minimum absolute atomic E-state index is 0.309. The molecule has 0 fully saturated rings. The molecule has 8 aromatic rings. The minimum atomic E-state index is 0.309. The maximum absolute atomic E-state index is 5.24. The Morgan fingerprint density at radius 3 is 1.48 bits per heavy atom. The van der Waals surface area contributed by atoms with Crippen molar-refractivity contribution in [1.29, 1.82) is 0 Å². The van der Waals surface area contributed by atoms with Crippen LogP contribution in [0.4, 0.5) is 0 Å². The van der Waals surface area contributed by atoms with Crippen LogP contribution in [0.3, 0.4) is 0 Å². The molecule has 2 aliphatic carbocycles. The van der Waals surface area contributed by atoms with Gasteiger partial charge < -0.3 is 0 Å². The van der Waals surface area contributed by atoms with Crippen LogP contribution in [0.25, 0.3) is 79.3 Å². The van der Waals surface area contributed by atoms with E-state index in [4.69, 9.17) is 19.9 Å². The molecule has 2 heterocycles. The molecule has 4 heteroatoms. The Bertz CT molecular complexity index is 2770. The third-order valence-corrected chi connectivity index (χ3v) is 12.0. The van der Waals surface area contributed by atoms with Gasteiger partial charge in [0, 0.05) is 22.3 Å². The highest BCUT2D eigenvalue weighted by molar-refractivity contribution is 5.82. The zero-order valence-corrected chi connectivity index (χ0v) is 33.7. The SMILES string of the molecule is CC1C=C(c2cc(-c3ccccc3)cc(-c3ccccc3)n2)C=CC1C1c2cccc(-c3ccc(-c4nc(-c5ccccc5)nc(-c5ccccc5)n4)cc3)c2C=CC1C. The highest BCUT2D eigenvalue weighted by Crippen LogP contribution is 2.47. The van der Waals surface area contributed by atoms with E-state index in [0.29, 0.717) is 41.1 Å². The van der Waals surface area contributed by atoms with E-state index in [-0.39, 0.29) is 0 Å². The van der Waals surface area contributed by atoms with Crippen LogP contribution in [0.5, 0.6) is 0 Å². The summed E-state index contributed by atoms with van der Waals surface area (Å²) in [6.07, 6.45) is 12.0. The van der Waals surface area contributed by atoms with Gasteiger partial charge in [0.15, 0.2) is 17.5 Å². The molecular weight excluding hydrogens is 729 g/mol. The summed E-state index contributed by atoms with van der Waals surface area (Å²) in [4.78, 5) is 20.0. The molecule has 288 valence electrons. The van der Waals surface area contributed by atoms with Gasteiger partial charge in [-0.05, 0) is 74.8 Å². The van der Waals surface area contributed by atoms with E-state index >= 15 is 0 Å². The molecule has 4 unspecified atom stereocenters. The van der Waals surface area contributed by atoms with Gasteiger partial charge in [-0.3, -0.25) is 0 Å². The van der Waals surface area contributed by atoms with Gasteiger partial charge in [0.2, 0.25) is 0 Å². The number of allylic oxidation sites excluding steroid dienone is 5. The predicted molar refractivity (Wildman–Crippen MR) is 247 cm³/mol. The number of benzene rings is 6. The second-order valence-corrected chi connectivity index (χ2v) is 15.9. The summed E-state index contributed by atoms with van der Waals surface area (Å²) in [5.41, 5.74) is 14.6. The zero-order chi connectivity index (χ0) is 40.4. The van der Waals surface area contributed by atoms with Gasteiger partial charge in [-0.25, -0.2) is 19.9 Å². The topological polar surface area (TPSA) is 51.6 Å². The van der Waals surface area contributed by atoms with Gasteiger partial charge in [-0.1, -0.05) is 208 Å². The summed E-state index contributed by atoms with van der Waals surface area (Å²) in [6, 6.07) is 61.3. The van der Waals surface area contributed by atoms with Crippen LogP contribution in [0.2, 0.25) is 0 Å². The van der Waals surface area contributed by atoms with Gasteiger partial charge in [-0.2, -0.15) is 0 Å². The molecule has 0 spiro atoms. The van der Waals surface area contributed by atoms with Crippen molar-refractivity contribution in [2.75, 3.05) is 0 Å². The van der Waals surface area contributed by atoms with Gasteiger partial charge in [-0.15, -0.1) is 0 Å². The summed E-state index contributed by atoms with van der Waals surface area (Å²) >= 11 is 0. The zero-order valence-electron chi connectivity index (χ0n) is 33.7. The number of aromatic nitrogens is 4. The normalized spacial score (nSPS) is 18.1. The van der Waals surface area contributed by atoms with Gasteiger partial charge in [0.25, 0.3) is 0 Å². The monoisotopic (exact) mass is 772 g/mol. The van der Waals surface area contributed by atoms with Crippen molar-refractivity contribution in [3.8, 4) is 67.7 Å². The Kier molecular flexibility index (Phi) is 9.96. The molecule has 6 aromatic carbocycles. The molecule has 4 atom stereocenters. The van der Waals surface area contributed by atoms with Crippen LogP contribution in [0.15, 0.2) is 200 Å². The van der Waals surface area contributed by atoms with E-state index in [1.54, 1.807) is 0 Å². The Labute approximate surface area is 352 Å². The number of fused-ring (bicyclic) bond motifs is 1. The number of hydrogen-bond donors (Lipinski definition) is 0. The first kappa shape index (κ1) is 37.0. The van der Waals surface area contributed by atoms with Crippen LogP contribution < -0.4 is 0 Å². The van der Waals surface area contributed by atoms with Crippen LogP contribution in [-0.4, -0.2) is 19.9 Å². The van der Waals surface area contributed by atoms with Crippen LogP contribution in [-0.2, 0) is 0 Å². The second kappa shape index (κ2) is 16.2. The minimum Gasteiger partial charge on any atom is -0.248 e. The highest BCUT2D eigenvalue weighted by atomic mass is 15.0. The number of hydrogen-bond acceptors (Lipinski definition) is 4. The van der Waals surface area contributed by atoms with Crippen molar-refractivity contribution < 1.29 is 0 Å². The average molecular weight is 773 g/mol. The third kappa shape index (κ3) is 7.33. The van der Waals surface area contributed by atoms with E-state index in [1.807, 2.05) is 60.7 Å². The molecule has 0 N–H and O–H groups in total. The van der Waals surface area contributed by atoms with E-state index in [2.05, 4.69) is 159 Å². The molecule has 0 saturated heterocycles. The maximum atomic E-state index is 5.24. The molecule has 60 heavy (non-hydrogen) atoms. The molecular formula is C56H44N4. The Hall–Kier alpha value is -7.30. The van der Waals surface area contributed by atoms with E-state index in [9.17, 15) is 0 Å². The van der Waals surface area contributed by atoms with E-state index in [1.165, 1.54) is 39.0 Å². The first-order valence-electron chi connectivity index (χ1n) is 20.9. The fraction of sp³-hybridized carbons (Fsp3) is 0.107. The molecule has 4 nitrogen and oxygen atoms in total. The van der Waals surface area contributed by atoms with Crippen molar-refractivity contribution in [2.45, 2.75) is 19.8 Å². The number of rotatable bonds is 8. The molecule has 0 amide bonds. The van der Waals surface area contributed by atoms with Crippen molar-refractivity contribution in [2.24, 2.45) is 17.8 Å². The standard InChI is InChI=1S/C56H44N4/c1-37-26-32-49-48(40-27-29-44(30-28-40)56-59-54(42-20-11-5-12-21-42)58-55(60-56)43-22-13-6-14-23-43)24-15-25-50(49)53(37)47-33-31-45(34-38(47)2)52-36-46(39-16-7-3-8-17-39)35-51(57-52)41-18-9-4-10-19-41/h3-38,47,53H,1-2H3. The first-order valence-corrected chi connectivity index (χ1v) is 20.9. The van der Waals surface area contributed by atoms with Crippen molar-refractivity contribution in [1.82, 2.24) is 19.9 Å². The van der Waals surface area contributed by atoms with E-state index in [0.717, 1.165) is 33.6 Å². The van der Waals surface area contributed by atoms with Crippen molar-refractivity contribution in [3.05, 3.63) is 217 Å². The molecule has 2 aromatic heterocycles. The van der Waals surface area contributed by atoms with Crippen LogP contribution in [0, 0.1) is 17.8 Å². The van der Waals surface area contributed by atoms with Gasteiger partial charge in [0.05, 0.1) is 11.4 Å². The quantitative estimate of drug-likeness (QED) is 0.154. The number of nitrogens with zero attached hydrogens (tertiary/aromatic N) is 4. The molecule has 2 aliphatic rings. The first-order chi connectivity index (χ1) is 29.6. The van der Waals surface area contributed by atoms with Gasteiger partial charge in [0.1, 0.15) is 0 Å². The fourth-order valence-electron chi connectivity index (χ4n) is 8.95. The van der Waals surface area contributed by atoms with Crippen molar-refractivity contribution >= 4 is 11.6 Å². The van der Waals surface area contributed by atoms with Crippen LogP contribution >= 0.6 is 0 Å². The largest absolute Gasteiger partial charge is 0.248 e. The molecule has 10 rings (SSSR count). The Morgan fingerprint density at radius 1 is 0.383 bits per heavy atom. The van der Waals surface area contributed by atoms with Crippen LogP contribution in [0.1, 0.15) is 36.6 Å². The Balaban J connectivity index is 0.956. The summed E-state index contributed by atoms with van der Waals surface area (Å²) < 4.78 is 0. The van der Waals surface area contributed by atoms with E-state index < -0.39 is 0 Å². The summed E-state index contributed by atoms with van der Waals surface area (Å²) in [5.74, 6) is 3.33. The predicted octanol–water partition coefficient (Wildman–Crippen LogP) is 13.9. The molecule has 0 aliphatic heterocycles. The lowest BCUT2D eigenvalue weighted by Crippen LogP contribution is -2.26. The summed E-state index contributed by atoms with van der Waals surface area (Å²) in [7, 11) is 0. The smallest absolute Gasteiger partial charge is 0.164 e. The van der Waals surface area contributed by atoms with Gasteiger partial charge >= 0.3 is 0 Å².